The minimum Gasteiger partial charge on any atom is -0.314 e. The Kier molecular flexibility index (Phi) is 3.21. The Hall–Kier alpha value is -0.380. The van der Waals surface area contributed by atoms with Gasteiger partial charge in [0.25, 0.3) is 0 Å². The normalized spacial score (nSPS) is 15.8. The Labute approximate surface area is 92.3 Å². The number of Topliss-reactive ketones (excluding diaryl/α,β-unsaturated/α-hetero) is 1. The van der Waals surface area contributed by atoms with Crippen molar-refractivity contribution in [1.29, 1.82) is 0 Å². The van der Waals surface area contributed by atoms with Gasteiger partial charge in [0.2, 0.25) is 0 Å². The Balaban J connectivity index is 1.79. The molecule has 1 heterocycles. The van der Waals surface area contributed by atoms with E-state index in [0.29, 0.717) is 22.4 Å². The van der Waals surface area contributed by atoms with Gasteiger partial charge in [-0.05, 0) is 24.3 Å². The molecule has 0 amide bonds. The minimum absolute atomic E-state index is 0.151. The predicted molar refractivity (Wildman–Crippen MR) is 59.3 cm³/mol. The first-order chi connectivity index (χ1) is 6.77. The van der Waals surface area contributed by atoms with Gasteiger partial charge in [0.15, 0.2) is 5.78 Å². The number of carbonyl (C=O) groups is 1. The number of carbonyl (C=O) groups excluding carboxylic acids is 1. The van der Waals surface area contributed by atoms with Gasteiger partial charge < -0.3 is 5.32 Å². The van der Waals surface area contributed by atoms with Crippen LogP contribution in [0.25, 0.3) is 0 Å². The Morgan fingerprint density at radius 3 is 3.00 bits per heavy atom. The fourth-order valence-electron chi connectivity index (χ4n) is 1.28. The SMILES string of the molecule is O=C(CCNC1CC1)c1sccc1Cl. The molecule has 0 radical (unpaired) electrons. The van der Waals surface area contributed by atoms with E-state index in [1.807, 2.05) is 5.38 Å². The largest absolute Gasteiger partial charge is 0.314 e. The molecule has 1 N–H and O–H groups in total. The van der Waals surface area contributed by atoms with E-state index < -0.39 is 0 Å². The smallest absolute Gasteiger partial charge is 0.175 e. The van der Waals surface area contributed by atoms with E-state index in [1.54, 1.807) is 6.07 Å². The Morgan fingerprint density at radius 2 is 2.43 bits per heavy atom. The minimum atomic E-state index is 0.151. The lowest BCUT2D eigenvalue weighted by Gasteiger charge is -2.00. The van der Waals surface area contributed by atoms with Crippen LogP contribution in [-0.2, 0) is 0 Å². The molecule has 1 aromatic heterocycles. The van der Waals surface area contributed by atoms with Gasteiger partial charge >= 0.3 is 0 Å². The number of ketones is 1. The highest BCUT2D eigenvalue weighted by molar-refractivity contribution is 7.12. The van der Waals surface area contributed by atoms with Crippen molar-refractivity contribution >= 4 is 28.7 Å². The van der Waals surface area contributed by atoms with E-state index in [2.05, 4.69) is 5.32 Å². The lowest BCUT2D eigenvalue weighted by Crippen LogP contribution is -2.20. The van der Waals surface area contributed by atoms with Crippen molar-refractivity contribution in [3.8, 4) is 0 Å². The highest BCUT2D eigenvalue weighted by Gasteiger charge is 2.20. The van der Waals surface area contributed by atoms with E-state index in [1.165, 1.54) is 24.2 Å². The summed E-state index contributed by atoms with van der Waals surface area (Å²) in [5.74, 6) is 0.151. The summed E-state index contributed by atoms with van der Waals surface area (Å²) in [6.45, 7) is 0.776. The van der Waals surface area contributed by atoms with Crippen molar-refractivity contribution < 1.29 is 4.79 Å². The van der Waals surface area contributed by atoms with Crippen molar-refractivity contribution in [2.75, 3.05) is 6.54 Å². The Bertz CT molecular complexity index is 333. The fraction of sp³-hybridized carbons (Fsp3) is 0.500. The lowest BCUT2D eigenvalue weighted by atomic mass is 10.2. The van der Waals surface area contributed by atoms with Crippen molar-refractivity contribution in [3.05, 3.63) is 21.3 Å². The monoisotopic (exact) mass is 229 g/mol. The molecule has 0 aliphatic heterocycles. The van der Waals surface area contributed by atoms with Crippen molar-refractivity contribution in [3.63, 3.8) is 0 Å². The first-order valence-corrected chi connectivity index (χ1v) is 6.02. The summed E-state index contributed by atoms with van der Waals surface area (Å²) in [4.78, 5) is 12.3. The average molecular weight is 230 g/mol. The number of halogens is 1. The lowest BCUT2D eigenvalue weighted by molar-refractivity contribution is 0.0986. The van der Waals surface area contributed by atoms with Crippen LogP contribution in [0.15, 0.2) is 11.4 Å². The molecule has 1 saturated carbocycles. The molecule has 4 heteroatoms. The van der Waals surface area contributed by atoms with Gasteiger partial charge in [0.05, 0.1) is 9.90 Å². The first kappa shape index (κ1) is 10.1. The molecule has 1 fully saturated rings. The molecule has 2 rings (SSSR count). The zero-order chi connectivity index (χ0) is 9.97. The topological polar surface area (TPSA) is 29.1 Å². The van der Waals surface area contributed by atoms with Crippen molar-refractivity contribution in [2.45, 2.75) is 25.3 Å². The van der Waals surface area contributed by atoms with Crippen LogP contribution in [0.4, 0.5) is 0 Å². The number of hydrogen-bond donors (Lipinski definition) is 1. The van der Waals surface area contributed by atoms with Crippen molar-refractivity contribution in [1.82, 2.24) is 5.32 Å². The summed E-state index contributed by atoms with van der Waals surface area (Å²) in [6.07, 6.45) is 3.07. The number of rotatable bonds is 5. The summed E-state index contributed by atoms with van der Waals surface area (Å²) in [6, 6.07) is 2.44. The fourth-order valence-corrected chi connectivity index (χ4v) is 2.41. The average Bonchev–Trinajstić information content (AvgIpc) is 2.87. The van der Waals surface area contributed by atoms with Crippen LogP contribution in [0.3, 0.4) is 0 Å². The van der Waals surface area contributed by atoms with Gasteiger partial charge in [-0.15, -0.1) is 11.3 Å². The maximum atomic E-state index is 11.6. The van der Waals surface area contributed by atoms with Gasteiger partial charge in [0, 0.05) is 19.0 Å². The highest BCUT2D eigenvalue weighted by Crippen LogP contribution is 2.23. The van der Waals surface area contributed by atoms with Crippen LogP contribution in [0.1, 0.15) is 28.9 Å². The molecular weight excluding hydrogens is 218 g/mol. The summed E-state index contributed by atoms with van der Waals surface area (Å²) in [7, 11) is 0. The second-order valence-electron chi connectivity index (χ2n) is 3.50. The van der Waals surface area contributed by atoms with Gasteiger partial charge in [-0.2, -0.15) is 0 Å². The summed E-state index contributed by atoms with van der Waals surface area (Å²) in [5.41, 5.74) is 0. The van der Waals surface area contributed by atoms with E-state index in [9.17, 15) is 4.79 Å². The Morgan fingerprint density at radius 1 is 1.64 bits per heavy atom. The summed E-state index contributed by atoms with van der Waals surface area (Å²) >= 11 is 7.28. The van der Waals surface area contributed by atoms with Gasteiger partial charge in [-0.1, -0.05) is 11.6 Å². The molecular formula is C10H12ClNOS. The van der Waals surface area contributed by atoms with Crippen LogP contribution >= 0.6 is 22.9 Å². The molecule has 0 saturated heterocycles. The summed E-state index contributed by atoms with van der Waals surface area (Å²) in [5, 5.41) is 5.75. The molecule has 1 aliphatic carbocycles. The first-order valence-electron chi connectivity index (χ1n) is 4.77. The van der Waals surface area contributed by atoms with Crippen LogP contribution in [0.2, 0.25) is 5.02 Å². The predicted octanol–water partition coefficient (Wildman–Crippen LogP) is 2.73. The van der Waals surface area contributed by atoms with Crippen LogP contribution in [-0.4, -0.2) is 18.4 Å². The molecule has 0 atom stereocenters. The third-order valence-corrected chi connectivity index (χ3v) is 3.62. The molecule has 0 unspecified atom stereocenters. The third-order valence-electron chi connectivity index (χ3n) is 2.23. The zero-order valence-corrected chi connectivity index (χ0v) is 9.33. The van der Waals surface area contributed by atoms with E-state index in [-0.39, 0.29) is 5.78 Å². The molecule has 1 aliphatic rings. The van der Waals surface area contributed by atoms with E-state index >= 15 is 0 Å². The van der Waals surface area contributed by atoms with E-state index in [4.69, 9.17) is 11.6 Å². The molecule has 76 valence electrons. The van der Waals surface area contributed by atoms with Gasteiger partial charge in [-0.3, -0.25) is 4.79 Å². The zero-order valence-electron chi connectivity index (χ0n) is 7.75. The van der Waals surface area contributed by atoms with Gasteiger partial charge in [0.1, 0.15) is 0 Å². The second kappa shape index (κ2) is 4.43. The van der Waals surface area contributed by atoms with Crippen LogP contribution in [0.5, 0.6) is 0 Å². The molecule has 0 spiro atoms. The molecule has 14 heavy (non-hydrogen) atoms. The third kappa shape index (κ3) is 2.56. The van der Waals surface area contributed by atoms with E-state index in [0.717, 1.165) is 6.54 Å². The second-order valence-corrected chi connectivity index (χ2v) is 4.82. The number of thiophene rings is 1. The molecule has 1 aromatic rings. The van der Waals surface area contributed by atoms with Crippen molar-refractivity contribution in [2.24, 2.45) is 0 Å². The quantitative estimate of drug-likeness (QED) is 0.787. The maximum absolute atomic E-state index is 11.6. The maximum Gasteiger partial charge on any atom is 0.175 e. The standard InChI is InChI=1S/C10H12ClNOS/c11-8-4-6-14-10(8)9(13)3-5-12-7-1-2-7/h4,6-7,12H,1-3,5H2. The highest BCUT2D eigenvalue weighted by atomic mass is 35.5. The number of nitrogens with one attached hydrogen (secondary N) is 1. The molecule has 0 aromatic carbocycles. The molecule has 2 nitrogen and oxygen atoms in total. The molecule has 0 bridgehead atoms. The number of hydrogen-bond acceptors (Lipinski definition) is 3. The summed E-state index contributed by atoms with van der Waals surface area (Å²) < 4.78 is 0. The van der Waals surface area contributed by atoms with Crippen LogP contribution in [0, 0.1) is 0 Å². The van der Waals surface area contributed by atoms with Crippen LogP contribution < -0.4 is 5.32 Å². The van der Waals surface area contributed by atoms with Gasteiger partial charge in [-0.25, -0.2) is 0 Å².